The van der Waals surface area contributed by atoms with E-state index < -0.39 is 82.7 Å². The van der Waals surface area contributed by atoms with Gasteiger partial charge in [-0.25, -0.2) is 4.79 Å². The maximum Gasteiger partial charge on any atom is 0.337 e. The number of carbonyl (C=O) groups is 3. The van der Waals surface area contributed by atoms with Crippen LogP contribution in [-0.2, 0) is 28.6 Å². The van der Waals surface area contributed by atoms with Gasteiger partial charge in [0, 0.05) is 24.7 Å². The van der Waals surface area contributed by atoms with Crippen LogP contribution in [0, 0.1) is 22.7 Å². The van der Waals surface area contributed by atoms with E-state index in [2.05, 4.69) is 17.0 Å². The third-order valence-corrected chi connectivity index (χ3v) is 10.4. The molecule has 0 heterocycles. The van der Waals surface area contributed by atoms with E-state index in [1.54, 1.807) is 34.6 Å². The van der Waals surface area contributed by atoms with Gasteiger partial charge in [-0.3, -0.25) is 9.59 Å². The first-order valence-corrected chi connectivity index (χ1v) is 16.1. The number of thioether (sulfide) groups is 1. The summed E-state index contributed by atoms with van der Waals surface area (Å²) in [6, 6.07) is -0.913. The maximum atomic E-state index is 14.6. The zero-order chi connectivity index (χ0) is 33.5. The molecule has 1 amide bonds. The fraction of sp³-hybridized carbons (Fsp3) is 0.774. The molecule has 0 aromatic rings. The molecule has 3 aliphatic rings. The summed E-state index contributed by atoms with van der Waals surface area (Å²) in [5.41, 5.74) is -4.21. The Morgan fingerprint density at radius 1 is 1.23 bits per heavy atom. The molecule has 11 atom stereocenters. The van der Waals surface area contributed by atoms with Crippen molar-refractivity contribution in [2.45, 2.75) is 116 Å². The van der Waals surface area contributed by atoms with Crippen LogP contribution in [0.2, 0.25) is 0 Å². The second kappa shape index (κ2) is 12.8. The second-order valence-electron chi connectivity index (χ2n) is 13.3. The Morgan fingerprint density at radius 3 is 2.40 bits per heavy atom. The van der Waals surface area contributed by atoms with Gasteiger partial charge in [0.1, 0.15) is 23.9 Å². The van der Waals surface area contributed by atoms with Crippen molar-refractivity contribution in [2.75, 3.05) is 12.2 Å². The first-order chi connectivity index (χ1) is 20.3. The second-order valence-corrected chi connectivity index (χ2v) is 14.1. The van der Waals surface area contributed by atoms with E-state index in [9.17, 15) is 29.7 Å². The molecular formula is C31H49NO10S. The third-order valence-electron chi connectivity index (χ3n) is 10.00. The molecule has 3 rings (SSSR count). The van der Waals surface area contributed by atoms with Crippen LogP contribution in [0.3, 0.4) is 0 Å². The molecule has 43 heavy (non-hydrogen) atoms. The molecular weight excluding hydrogens is 578 g/mol. The molecule has 0 saturated heterocycles. The SMILES string of the molecule is [3H]O[C@@H](C(=O)OC1C[C@@]2(O)[C@@H](OC(=C)C)[C@@H]3[C@@H](O)C(C)CC(OCSC)[C@@]3(C)C(=O)[C@H](O)C(=C1C)C2(C)C)C(C)NC(C)=O. The fourth-order valence-corrected chi connectivity index (χ4v) is 7.82. The van der Waals surface area contributed by atoms with E-state index in [-0.39, 0.29) is 29.6 Å². The topological polar surface area (TPSA) is 172 Å². The smallest absolute Gasteiger partial charge is 0.337 e. The maximum absolute atomic E-state index is 14.6. The Balaban J connectivity index is 2.27. The van der Waals surface area contributed by atoms with Crippen molar-refractivity contribution in [3.8, 4) is 0 Å². The van der Waals surface area contributed by atoms with Gasteiger partial charge in [0.25, 0.3) is 0 Å². The zero-order valence-corrected chi connectivity index (χ0v) is 27.4. The molecule has 0 radical (unpaired) electrons. The quantitative estimate of drug-likeness (QED) is 0.103. The van der Waals surface area contributed by atoms with Gasteiger partial charge in [0.2, 0.25) is 7.34 Å². The number of carbonyl (C=O) groups excluding carboxylic acids is 3. The molecule has 11 nitrogen and oxygen atoms in total. The van der Waals surface area contributed by atoms with Gasteiger partial charge in [-0.15, -0.1) is 11.8 Å². The number of fused-ring (bicyclic) bond motifs is 3. The minimum absolute atomic E-state index is 0.166. The molecule has 2 fully saturated rings. The van der Waals surface area contributed by atoms with E-state index in [1.165, 1.54) is 25.6 Å². The zero-order valence-electron chi connectivity index (χ0n) is 27.6. The molecule has 2 saturated carbocycles. The molecule has 2 bridgehead atoms. The number of ketones is 1. The predicted molar refractivity (Wildman–Crippen MR) is 161 cm³/mol. The minimum Gasteiger partial charge on any atom is -0.492 e. The van der Waals surface area contributed by atoms with E-state index >= 15 is 0 Å². The van der Waals surface area contributed by atoms with Crippen molar-refractivity contribution in [3.05, 3.63) is 23.5 Å². The summed E-state index contributed by atoms with van der Waals surface area (Å²) in [7, 11) is 0. The highest BCUT2D eigenvalue weighted by Gasteiger charge is 2.70. The largest absolute Gasteiger partial charge is 0.492 e. The number of amides is 1. The summed E-state index contributed by atoms with van der Waals surface area (Å²) >= 11 is 1.43. The summed E-state index contributed by atoms with van der Waals surface area (Å²) in [6.07, 6.45) is -5.54. The number of hydrogen-bond acceptors (Lipinski definition) is 11. The number of Topliss-reactive ketones (excluding diaryl/α,β-unsaturated/α-hetero) is 1. The summed E-state index contributed by atoms with van der Waals surface area (Å²) in [5, 5.41) is 43.7. The number of hydrogen-bond donors (Lipinski definition) is 5. The molecule has 4 unspecified atom stereocenters. The normalized spacial score (nSPS) is 38.9. The lowest BCUT2D eigenvalue weighted by Crippen LogP contribution is -2.73. The Kier molecular flexibility index (Phi) is 10.1. The van der Waals surface area contributed by atoms with Crippen molar-refractivity contribution < 1.29 is 49.0 Å². The summed E-state index contributed by atoms with van der Waals surface area (Å²) in [4.78, 5) is 39.5. The molecule has 3 aliphatic carbocycles. The first kappa shape index (κ1) is 33.9. The van der Waals surface area contributed by atoms with Gasteiger partial charge < -0.3 is 40.0 Å². The van der Waals surface area contributed by atoms with Crippen LogP contribution in [0.5, 0.6) is 0 Å². The van der Waals surface area contributed by atoms with Gasteiger partial charge in [-0.2, -0.15) is 0 Å². The van der Waals surface area contributed by atoms with E-state index in [4.69, 9.17) is 15.6 Å². The Labute approximate surface area is 259 Å². The van der Waals surface area contributed by atoms with E-state index in [1.807, 2.05) is 13.2 Å². The lowest BCUT2D eigenvalue weighted by Gasteiger charge is -2.62. The van der Waals surface area contributed by atoms with E-state index in [0.717, 1.165) is 0 Å². The van der Waals surface area contributed by atoms with Crippen LogP contribution in [-0.4, -0.2) is 100.0 Å². The third kappa shape index (κ3) is 6.03. The van der Waals surface area contributed by atoms with Crippen molar-refractivity contribution in [1.82, 2.24) is 5.32 Å². The average molecular weight is 630 g/mol. The summed E-state index contributed by atoms with van der Waals surface area (Å²) in [5.74, 6) is -2.92. The Bertz CT molecular complexity index is 1180. The Hall–Kier alpha value is -1.96. The van der Waals surface area contributed by atoms with Crippen LogP contribution in [0.15, 0.2) is 23.5 Å². The minimum atomic E-state index is -1.93. The highest BCUT2D eigenvalue weighted by Crippen LogP contribution is 2.60. The number of aliphatic hydroxyl groups is 4. The number of aliphatic hydroxyl groups excluding tert-OH is 3. The van der Waals surface area contributed by atoms with Crippen LogP contribution in [0.4, 0.5) is 0 Å². The summed E-state index contributed by atoms with van der Waals surface area (Å²) < 4.78 is 25.8. The molecule has 5 N–H and O–H groups in total. The van der Waals surface area contributed by atoms with Crippen molar-refractivity contribution in [2.24, 2.45) is 22.7 Å². The van der Waals surface area contributed by atoms with Gasteiger partial charge in [0.05, 0.1) is 35.4 Å². The van der Waals surface area contributed by atoms with Crippen molar-refractivity contribution >= 4 is 29.4 Å². The first-order valence-electron chi connectivity index (χ1n) is 15.1. The molecule has 0 aromatic heterocycles. The number of esters is 1. The molecule has 244 valence electrons. The molecule has 0 aromatic carbocycles. The van der Waals surface area contributed by atoms with Gasteiger partial charge in [0.15, 0.2) is 11.9 Å². The number of allylic oxidation sites excluding steroid dienone is 1. The van der Waals surface area contributed by atoms with Crippen LogP contribution in [0.25, 0.3) is 0 Å². The molecule has 0 aliphatic heterocycles. The highest BCUT2D eigenvalue weighted by molar-refractivity contribution is 7.98. The fourth-order valence-electron chi connectivity index (χ4n) is 7.52. The van der Waals surface area contributed by atoms with Crippen molar-refractivity contribution in [1.29, 1.82) is 1.43 Å². The van der Waals surface area contributed by atoms with E-state index in [0.29, 0.717) is 12.0 Å². The number of ether oxygens (including phenoxy) is 3. The van der Waals surface area contributed by atoms with Crippen molar-refractivity contribution in [3.63, 3.8) is 0 Å². The number of nitrogens with one attached hydrogen (secondary N) is 1. The van der Waals surface area contributed by atoms with Gasteiger partial charge in [-0.05, 0) is 57.4 Å². The van der Waals surface area contributed by atoms with Crippen LogP contribution >= 0.6 is 11.8 Å². The molecule has 12 heteroatoms. The standard InChI is InChI=1S/C31H49NO10S/c1-14(2)41-27-22-23(34)15(3)11-20(40-13-43-10)30(22,9)26(37)25(36)21-16(4)19(12-31(27,39)29(21,7)8)42-28(38)24(35)17(5)32-18(6)33/h15,17,19-20,22-25,27,34-36,39H,1,11-13H2,2-10H3,(H,32,33)/t15?,17?,19?,20?,22-,23-,24+,25+,27-,30+,31+/m0/s1/i35T. The highest BCUT2D eigenvalue weighted by atomic mass is 32.2. The Morgan fingerprint density at radius 2 is 1.86 bits per heavy atom. The van der Waals surface area contributed by atoms with Crippen LogP contribution < -0.4 is 5.32 Å². The lowest BCUT2D eigenvalue weighted by atomic mass is 9.47. The van der Waals surface area contributed by atoms with Gasteiger partial charge >= 0.3 is 5.97 Å². The lowest BCUT2D eigenvalue weighted by molar-refractivity contribution is -0.250. The van der Waals surface area contributed by atoms with Crippen LogP contribution in [0.1, 0.15) is 68.2 Å². The van der Waals surface area contributed by atoms with Gasteiger partial charge in [-0.1, -0.05) is 27.4 Å². The average Bonchev–Trinajstić information content (AvgIpc) is 2.91. The summed E-state index contributed by atoms with van der Waals surface area (Å²) in [6.45, 7) is 16.7. The molecule has 0 spiro atoms. The predicted octanol–water partition coefficient (Wildman–Crippen LogP) is 1.85. The number of rotatable bonds is 10. The monoisotopic (exact) mass is 629 g/mol.